The van der Waals surface area contributed by atoms with Crippen LogP contribution in [0.4, 0.5) is 4.79 Å². The quantitative estimate of drug-likeness (QED) is 0.605. The molecule has 194 valence electrons. The van der Waals surface area contributed by atoms with E-state index in [-0.39, 0.29) is 23.9 Å². The summed E-state index contributed by atoms with van der Waals surface area (Å²) in [5, 5.41) is 2.72. The van der Waals surface area contributed by atoms with Gasteiger partial charge in [0.05, 0.1) is 17.7 Å². The van der Waals surface area contributed by atoms with Crippen molar-refractivity contribution in [2.45, 2.75) is 97.7 Å². The van der Waals surface area contributed by atoms with Gasteiger partial charge in [0.2, 0.25) is 5.91 Å². The lowest BCUT2D eigenvalue weighted by Crippen LogP contribution is -2.51. The molecule has 0 radical (unpaired) electrons. The van der Waals surface area contributed by atoms with Crippen LogP contribution in [0.25, 0.3) is 0 Å². The molecule has 2 saturated heterocycles. The monoisotopic (exact) mass is 490 g/mol. The van der Waals surface area contributed by atoms with Gasteiger partial charge in [-0.15, -0.1) is 0 Å². The highest BCUT2D eigenvalue weighted by Crippen LogP contribution is 2.36. The van der Waals surface area contributed by atoms with E-state index in [1.165, 1.54) is 0 Å². The SMILES string of the molecule is CC(C)[C@@H](NC(=O)OC(C)(C)C)C(=O)N1CC[C@@H](Oc2ncc(B3OC(C)(C)C(C)(C)O3)cn2)C1. The highest BCUT2D eigenvalue weighted by atomic mass is 16.7. The molecular weight excluding hydrogens is 451 g/mol. The second-order valence-corrected chi connectivity index (χ2v) is 11.6. The third kappa shape index (κ3) is 6.64. The lowest BCUT2D eigenvalue weighted by molar-refractivity contribution is -0.133. The molecule has 1 aromatic heterocycles. The highest BCUT2D eigenvalue weighted by molar-refractivity contribution is 6.61. The van der Waals surface area contributed by atoms with Gasteiger partial charge in [0, 0.05) is 30.8 Å². The number of nitrogens with one attached hydrogen (secondary N) is 1. The Hall–Kier alpha value is -2.40. The average Bonchev–Trinajstić information content (AvgIpc) is 3.26. The number of hydrogen-bond donors (Lipinski definition) is 1. The van der Waals surface area contributed by atoms with Gasteiger partial charge in [0.1, 0.15) is 17.7 Å². The van der Waals surface area contributed by atoms with E-state index in [2.05, 4.69) is 15.3 Å². The Morgan fingerprint density at radius 1 is 1.14 bits per heavy atom. The molecule has 3 rings (SSSR count). The van der Waals surface area contributed by atoms with E-state index in [0.29, 0.717) is 25.0 Å². The van der Waals surface area contributed by atoms with Gasteiger partial charge in [-0.2, -0.15) is 0 Å². The first kappa shape index (κ1) is 27.2. The maximum Gasteiger partial charge on any atom is 0.498 e. The van der Waals surface area contributed by atoms with E-state index in [1.54, 1.807) is 38.1 Å². The van der Waals surface area contributed by atoms with E-state index in [1.807, 2.05) is 41.5 Å². The minimum Gasteiger partial charge on any atom is -0.458 e. The van der Waals surface area contributed by atoms with Crippen molar-refractivity contribution in [3.63, 3.8) is 0 Å². The molecule has 10 nitrogen and oxygen atoms in total. The number of ether oxygens (including phenoxy) is 2. The second kappa shape index (κ2) is 9.93. The molecule has 0 bridgehead atoms. The van der Waals surface area contributed by atoms with Crippen LogP contribution >= 0.6 is 0 Å². The molecule has 2 amide bonds. The first-order chi connectivity index (χ1) is 16.1. The summed E-state index contributed by atoms with van der Waals surface area (Å²) in [6.45, 7) is 18.0. The van der Waals surface area contributed by atoms with Crippen molar-refractivity contribution in [2.24, 2.45) is 5.92 Å². The summed E-state index contributed by atoms with van der Waals surface area (Å²) < 4.78 is 23.3. The van der Waals surface area contributed by atoms with Crippen LogP contribution in [-0.2, 0) is 18.8 Å². The molecule has 0 aromatic carbocycles. The van der Waals surface area contributed by atoms with Crippen molar-refractivity contribution < 1.29 is 28.4 Å². The van der Waals surface area contributed by atoms with E-state index in [9.17, 15) is 9.59 Å². The fraction of sp³-hybridized carbons (Fsp3) is 0.750. The number of amides is 2. The number of carbonyl (C=O) groups excluding carboxylic acids is 2. The molecule has 0 unspecified atom stereocenters. The molecule has 1 N–H and O–H groups in total. The Morgan fingerprint density at radius 3 is 2.23 bits per heavy atom. The molecule has 3 heterocycles. The maximum absolute atomic E-state index is 13.1. The molecular formula is C24H39BN4O6. The fourth-order valence-electron chi connectivity index (χ4n) is 3.81. The summed E-state index contributed by atoms with van der Waals surface area (Å²) in [5.41, 5.74) is -0.816. The Kier molecular flexibility index (Phi) is 7.71. The van der Waals surface area contributed by atoms with Crippen molar-refractivity contribution in [1.82, 2.24) is 20.2 Å². The maximum atomic E-state index is 13.1. The molecule has 0 saturated carbocycles. The largest absolute Gasteiger partial charge is 0.498 e. The zero-order valence-electron chi connectivity index (χ0n) is 22.4. The Morgan fingerprint density at radius 2 is 1.71 bits per heavy atom. The summed E-state index contributed by atoms with van der Waals surface area (Å²) in [6, 6.07) is -0.448. The number of aromatic nitrogens is 2. The van der Waals surface area contributed by atoms with Crippen LogP contribution in [0.15, 0.2) is 12.4 Å². The number of alkyl carbamates (subject to hydrolysis) is 1. The van der Waals surface area contributed by atoms with Crippen LogP contribution in [0.5, 0.6) is 6.01 Å². The molecule has 2 fully saturated rings. The zero-order chi connectivity index (χ0) is 26.2. The van der Waals surface area contributed by atoms with Gasteiger partial charge in [0.25, 0.3) is 0 Å². The Balaban J connectivity index is 1.55. The third-order valence-electron chi connectivity index (χ3n) is 6.51. The van der Waals surface area contributed by atoms with Crippen molar-refractivity contribution in [3.8, 4) is 6.01 Å². The molecule has 1 aromatic rings. The topological polar surface area (TPSA) is 112 Å². The van der Waals surface area contributed by atoms with E-state index < -0.39 is 36.1 Å². The molecule has 11 heteroatoms. The van der Waals surface area contributed by atoms with E-state index in [0.717, 1.165) is 0 Å². The van der Waals surface area contributed by atoms with Crippen LogP contribution in [-0.4, -0.2) is 76.0 Å². The molecule has 35 heavy (non-hydrogen) atoms. The van der Waals surface area contributed by atoms with Gasteiger partial charge >= 0.3 is 19.2 Å². The number of hydrogen-bond acceptors (Lipinski definition) is 8. The van der Waals surface area contributed by atoms with Gasteiger partial charge in [-0.25, -0.2) is 14.8 Å². The normalized spacial score (nSPS) is 22.3. The van der Waals surface area contributed by atoms with Crippen molar-refractivity contribution in [1.29, 1.82) is 0 Å². The predicted octanol–water partition coefficient (Wildman–Crippen LogP) is 2.30. The smallest absolute Gasteiger partial charge is 0.458 e. The number of nitrogens with zero attached hydrogens (tertiary/aromatic N) is 3. The Bertz CT molecular complexity index is 900. The van der Waals surface area contributed by atoms with Gasteiger partial charge in [-0.3, -0.25) is 4.79 Å². The van der Waals surface area contributed by atoms with Gasteiger partial charge < -0.3 is 29.0 Å². The second-order valence-electron chi connectivity index (χ2n) is 11.6. The summed E-state index contributed by atoms with van der Waals surface area (Å²) in [4.78, 5) is 35.7. The lowest BCUT2D eigenvalue weighted by atomic mass is 9.81. The van der Waals surface area contributed by atoms with E-state index in [4.69, 9.17) is 18.8 Å². The van der Waals surface area contributed by atoms with E-state index >= 15 is 0 Å². The van der Waals surface area contributed by atoms with Crippen molar-refractivity contribution in [3.05, 3.63) is 12.4 Å². The third-order valence-corrected chi connectivity index (χ3v) is 6.51. The number of carbonyl (C=O) groups is 2. The zero-order valence-corrected chi connectivity index (χ0v) is 22.4. The van der Waals surface area contributed by atoms with Crippen LogP contribution in [0.1, 0.15) is 68.7 Å². The minimum absolute atomic E-state index is 0.0964. The number of rotatable bonds is 6. The summed E-state index contributed by atoms with van der Waals surface area (Å²) in [6.07, 6.45) is 3.08. The van der Waals surface area contributed by atoms with Crippen LogP contribution < -0.4 is 15.5 Å². The van der Waals surface area contributed by atoms with Crippen LogP contribution in [0.2, 0.25) is 0 Å². The summed E-state index contributed by atoms with van der Waals surface area (Å²) in [7, 11) is -0.543. The fourth-order valence-corrected chi connectivity index (χ4v) is 3.81. The number of likely N-dealkylation sites (tertiary alicyclic amines) is 1. The van der Waals surface area contributed by atoms with Crippen LogP contribution in [0, 0.1) is 5.92 Å². The van der Waals surface area contributed by atoms with Crippen molar-refractivity contribution in [2.75, 3.05) is 13.1 Å². The van der Waals surface area contributed by atoms with Crippen LogP contribution in [0.3, 0.4) is 0 Å². The average molecular weight is 490 g/mol. The standard InChI is InChI=1S/C24H39BN4O6/c1-15(2)18(28-21(31)33-22(3,4)5)19(30)29-11-10-17(14-29)32-20-26-12-16(13-27-20)25-34-23(6,7)24(8,9)35-25/h12-13,15,17-18H,10-11,14H2,1-9H3,(H,28,31)/t17-,18-/m1/s1. The highest BCUT2D eigenvalue weighted by Gasteiger charge is 2.52. The Labute approximate surface area is 208 Å². The molecule has 0 spiro atoms. The molecule has 2 aliphatic heterocycles. The molecule has 2 atom stereocenters. The lowest BCUT2D eigenvalue weighted by Gasteiger charge is -2.32. The van der Waals surface area contributed by atoms with Crippen molar-refractivity contribution >= 4 is 24.6 Å². The predicted molar refractivity (Wildman–Crippen MR) is 131 cm³/mol. The van der Waals surface area contributed by atoms with Gasteiger partial charge in [-0.1, -0.05) is 13.8 Å². The van der Waals surface area contributed by atoms with Gasteiger partial charge in [0.15, 0.2) is 0 Å². The molecule has 2 aliphatic rings. The molecule has 0 aliphatic carbocycles. The summed E-state index contributed by atoms with van der Waals surface area (Å²) >= 11 is 0. The summed E-state index contributed by atoms with van der Waals surface area (Å²) in [5.74, 6) is -0.255. The minimum atomic E-state index is -0.681. The first-order valence-corrected chi connectivity index (χ1v) is 12.2. The van der Waals surface area contributed by atoms with Gasteiger partial charge in [-0.05, 0) is 54.4 Å². The first-order valence-electron chi connectivity index (χ1n) is 12.2.